The smallest absolute Gasteiger partial charge is 0.332 e. The molecule has 10 heteroatoms. The number of hydrogen-bond acceptors (Lipinski definition) is 6. The average molecular weight is 441 g/mol. The number of nitrogens with zero attached hydrogens (tertiary/aromatic N) is 4. The van der Waals surface area contributed by atoms with Crippen molar-refractivity contribution in [3.63, 3.8) is 0 Å². The highest BCUT2D eigenvalue weighted by Gasteiger charge is 2.50. The third kappa shape index (κ3) is 4.79. The Kier molecular flexibility index (Phi) is 7.98. The summed E-state index contributed by atoms with van der Waals surface area (Å²) in [5, 5.41) is 22.0. The third-order valence-corrected chi connectivity index (χ3v) is 5.44. The summed E-state index contributed by atoms with van der Waals surface area (Å²) in [6.45, 7) is 0. The van der Waals surface area contributed by atoms with Crippen molar-refractivity contribution < 1.29 is 9.59 Å². The van der Waals surface area contributed by atoms with Gasteiger partial charge in [-0.25, -0.2) is 13.9 Å². The van der Waals surface area contributed by atoms with E-state index in [2.05, 4.69) is 37.0 Å². The molecular formula is C20H20N6O2S2. The van der Waals surface area contributed by atoms with Gasteiger partial charge in [0.1, 0.15) is 0 Å². The van der Waals surface area contributed by atoms with Gasteiger partial charge in [0.25, 0.3) is 0 Å². The first kappa shape index (κ1) is 22.9. The molecule has 2 unspecified atom stereocenters. The van der Waals surface area contributed by atoms with E-state index in [1.54, 1.807) is 60.7 Å². The SMILES string of the molecule is N#CCCC(N(S)C(=O)Nc1ccccc1)C(C#N)(c1ccccc1)N(S)C(N)=O. The highest BCUT2D eigenvalue weighted by molar-refractivity contribution is 7.78. The van der Waals surface area contributed by atoms with Gasteiger partial charge in [0, 0.05) is 12.1 Å². The molecule has 154 valence electrons. The fraction of sp³-hybridized carbons (Fsp3) is 0.200. The quantitative estimate of drug-likeness (QED) is 0.490. The summed E-state index contributed by atoms with van der Waals surface area (Å²) in [5.74, 6) is 0. The molecule has 3 N–H and O–H groups in total. The number of carbonyl (C=O) groups excluding carboxylic acids is 2. The van der Waals surface area contributed by atoms with E-state index < -0.39 is 23.6 Å². The average Bonchev–Trinajstić information content (AvgIpc) is 2.77. The van der Waals surface area contributed by atoms with Crippen molar-refractivity contribution >= 4 is 43.4 Å². The van der Waals surface area contributed by atoms with E-state index in [-0.39, 0.29) is 12.8 Å². The molecular weight excluding hydrogens is 420 g/mol. The van der Waals surface area contributed by atoms with E-state index in [0.717, 1.165) is 8.61 Å². The van der Waals surface area contributed by atoms with E-state index >= 15 is 0 Å². The van der Waals surface area contributed by atoms with Crippen LogP contribution in [-0.2, 0) is 5.54 Å². The maximum atomic E-state index is 12.9. The molecule has 0 heterocycles. The molecule has 2 atom stereocenters. The Morgan fingerprint density at radius 2 is 1.63 bits per heavy atom. The number of benzene rings is 2. The minimum absolute atomic E-state index is 0.00299. The van der Waals surface area contributed by atoms with Crippen LogP contribution in [0.25, 0.3) is 0 Å². The number of anilines is 1. The summed E-state index contributed by atoms with van der Waals surface area (Å²) in [6, 6.07) is 18.4. The van der Waals surface area contributed by atoms with Gasteiger partial charge in [-0.15, -0.1) is 0 Å². The predicted octanol–water partition coefficient (Wildman–Crippen LogP) is 3.68. The van der Waals surface area contributed by atoms with Gasteiger partial charge in [-0.2, -0.15) is 10.5 Å². The van der Waals surface area contributed by atoms with Crippen LogP contribution >= 0.6 is 25.6 Å². The second kappa shape index (κ2) is 10.4. The lowest BCUT2D eigenvalue weighted by Gasteiger charge is -2.43. The topological polar surface area (TPSA) is 126 Å². The monoisotopic (exact) mass is 440 g/mol. The molecule has 0 fully saturated rings. The molecule has 2 aromatic carbocycles. The maximum absolute atomic E-state index is 12.9. The second-order valence-corrected chi connectivity index (χ2v) is 7.08. The van der Waals surface area contributed by atoms with Crippen molar-refractivity contribution in [3.8, 4) is 12.1 Å². The van der Waals surface area contributed by atoms with Crippen LogP contribution in [0.15, 0.2) is 60.7 Å². The molecule has 0 aromatic heterocycles. The minimum Gasteiger partial charge on any atom is -0.351 e. The van der Waals surface area contributed by atoms with Crippen molar-refractivity contribution in [2.45, 2.75) is 24.4 Å². The van der Waals surface area contributed by atoms with Crippen molar-refractivity contribution in [1.29, 1.82) is 10.5 Å². The highest BCUT2D eigenvalue weighted by atomic mass is 32.1. The first-order valence-corrected chi connectivity index (χ1v) is 9.65. The van der Waals surface area contributed by atoms with Crippen LogP contribution in [0.4, 0.5) is 15.3 Å². The molecule has 0 saturated carbocycles. The summed E-state index contributed by atoms with van der Waals surface area (Å²) in [5.41, 5.74) is 4.53. The van der Waals surface area contributed by atoms with Crippen molar-refractivity contribution in [3.05, 3.63) is 66.2 Å². The van der Waals surface area contributed by atoms with Gasteiger partial charge >= 0.3 is 12.1 Å². The summed E-state index contributed by atoms with van der Waals surface area (Å²) < 4.78 is 1.76. The van der Waals surface area contributed by atoms with Gasteiger partial charge < -0.3 is 11.1 Å². The number of primary amides is 1. The second-order valence-electron chi connectivity index (χ2n) is 6.25. The van der Waals surface area contributed by atoms with Gasteiger partial charge in [-0.3, -0.25) is 4.31 Å². The standard InChI is InChI=1S/C20H20N6O2S2/c21-13-7-12-17(25(29)19(28)24-16-10-5-2-6-11-16)20(14-22,26(30)18(23)27)15-8-3-1-4-9-15/h1-6,8-11,17,29-30H,7,12H2,(H2,23,27)(H,24,28). The van der Waals surface area contributed by atoms with Crippen LogP contribution in [0.1, 0.15) is 18.4 Å². The first-order valence-electron chi connectivity index (χ1n) is 8.85. The fourth-order valence-electron chi connectivity index (χ4n) is 3.06. The van der Waals surface area contributed by atoms with Crippen LogP contribution in [0.2, 0.25) is 0 Å². The Hall–Kier alpha value is -3.34. The Labute approximate surface area is 186 Å². The normalized spacial score (nSPS) is 13.1. The van der Waals surface area contributed by atoms with Gasteiger partial charge in [-0.05, 0) is 24.1 Å². The lowest BCUT2D eigenvalue weighted by Crippen LogP contribution is -2.58. The Morgan fingerprint density at radius 1 is 1.07 bits per heavy atom. The largest absolute Gasteiger partial charge is 0.351 e. The Bertz CT molecular complexity index is 961. The van der Waals surface area contributed by atoms with E-state index in [1.165, 1.54) is 0 Å². The van der Waals surface area contributed by atoms with E-state index in [1.807, 2.05) is 6.07 Å². The summed E-state index contributed by atoms with van der Waals surface area (Å²) in [7, 11) is 0. The molecule has 0 aliphatic rings. The number of amides is 4. The lowest BCUT2D eigenvalue weighted by atomic mass is 9.81. The van der Waals surface area contributed by atoms with Crippen LogP contribution in [0.5, 0.6) is 0 Å². The zero-order valence-corrected chi connectivity index (χ0v) is 17.6. The number of hydrogen-bond donors (Lipinski definition) is 4. The zero-order chi connectivity index (χ0) is 22.1. The van der Waals surface area contributed by atoms with E-state index in [4.69, 9.17) is 11.0 Å². The fourth-order valence-corrected chi connectivity index (χ4v) is 3.69. The Morgan fingerprint density at radius 3 is 2.13 bits per heavy atom. The number of thiol groups is 2. The maximum Gasteiger partial charge on any atom is 0.332 e. The van der Waals surface area contributed by atoms with Crippen molar-refractivity contribution in [2.24, 2.45) is 5.73 Å². The molecule has 2 aromatic rings. The summed E-state index contributed by atoms with van der Waals surface area (Å²) in [6.07, 6.45) is 0.0337. The minimum atomic E-state index is -1.80. The zero-order valence-electron chi connectivity index (χ0n) is 15.8. The number of nitrogens with one attached hydrogen (secondary N) is 1. The molecule has 4 amide bonds. The number of carbonyl (C=O) groups is 2. The third-order valence-electron chi connectivity index (χ3n) is 4.47. The molecule has 0 radical (unpaired) electrons. The van der Waals surface area contributed by atoms with Gasteiger partial charge in [0.15, 0.2) is 5.54 Å². The van der Waals surface area contributed by atoms with Gasteiger partial charge in [0.2, 0.25) is 0 Å². The molecule has 2 rings (SSSR count). The summed E-state index contributed by atoms with van der Waals surface area (Å²) >= 11 is 8.51. The molecule has 8 nitrogen and oxygen atoms in total. The highest BCUT2D eigenvalue weighted by Crippen LogP contribution is 2.39. The number of para-hydroxylation sites is 1. The molecule has 0 spiro atoms. The predicted molar refractivity (Wildman–Crippen MR) is 119 cm³/mol. The number of rotatable bonds is 7. The summed E-state index contributed by atoms with van der Waals surface area (Å²) in [4.78, 5) is 24.9. The van der Waals surface area contributed by atoms with Crippen molar-refractivity contribution in [2.75, 3.05) is 5.32 Å². The number of urea groups is 2. The van der Waals surface area contributed by atoms with Crippen LogP contribution in [0, 0.1) is 22.7 Å². The Balaban J connectivity index is 2.55. The van der Waals surface area contributed by atoms with Crippen molar-refractivity contribution in [1.82, 2.24) is 8.61 Å². The molecule has 0 aliphatic carbocycles. The first-order chi connectivity index (χ1) is 14.4. The van der Waals surface area contributed by atoms with Crippen LogP contribution in [0.3, 0.4) is 0 Å². The molecule has 0 saturated heterocycles. The van der Waals surface area contributed by atoms with Crippen LogP contribution < -0.4 is 11.1 Å². The van der Waals surface area contributed by atoms with Gasteiger partial charge in [-0.1, -0.05) is 74.2 Å². The van der Waals surface area contributed by atoms with Gasteiger partial charge in [0.05, 0.1) is 18.2 Å². The van der Waals surface area contributed by atoms with Crippen LogP contribution in [-0.4, -0.2) is 26.7 Å². The van der Waals surface area contributed by atoms with E-state index in [9.17, 15) is 14.9 Å². The van der Waals surface area contributed by atoms with E-state index in [0.29, 0.717) is 11.3 Å². The molecule has 0 aliphatic heterocycles. The molecule has 30 heavy (non-hydrogen) atoms. The molecule has 0 bridgehead atoms. The number of nitriles is 2. The lowest BCUT2D eigenvalue weighted by molar-refractivity contribution is 0.158. The number of nitrogens with two attached hydrogens (primary N) is 1.